The van der Waals surface area contributed by atoms with Crippen molar-refractivity contribution in [3.8, 4) is 11.1 Å². The zero-order valence-electron chi connectivity index (χ0n) is 18.3. The fourth-order valence-electron chi connectivity index (χ4n) is 3.43. The van der Waals surface area contributed by atoms with E-state index in [4.69, 9.17) is 9.98 Å². The van der Waals surface area contributed by atoms with E-state index in [-0.39, 0.29) is 0 Å². The molecule has 4 aromatic rings. The van der Waals surface area contributed by atoms with Gasteiger partial charge in [0.15, 0.2) is 0 Å². The molecule has 0 aliphatic heterocycles. The Hall–Kier alpha value is -4.18. The Labute approximate surface area is 189 Å². The molecule has 32 heavy (non-hydrogen) atoms. The number of benzene rings is 4. The van der Waals surface area contributed by atoms with Crippen molar-refractivity contribution < 1.29 is 0 Å². The lowest BCUT2D eigenvalue weighted by atomic mass is 10.0. The predicted octanol–water partition coefficient (Wildman–Crippen LogP) is 6.94. The van der Waals surface area contributed by atoms with Crippen molar-refractivity contribution >= 4 is 35.2 Å². The van der Waals surface area contributed by atoms with Gasteiger partial charge in [0.05, 0.1) is 22.7 Å². The van der Waals surface area contributed by atoms with Crippen LogP contribution in [0.2, 0.25) is 0 Å². The molecule has 0 saturated carbocycles. The molecule has 4 nitrogen and oxygen atoms in total. The van der Waals surface area contributed by atoms with E-state index in [1.807, 2.05) is 87.2 Å². The molecule has 0 heterocycles. The van der Waals surface area contributed by atoms with E-state index in [1.54, 1.807) is 0 Å². The Bertz CT molecular complexity index is 1130. The van der Waals surface area contributed by atoms with Gasteiger partial charge in [0.2, 0.25) is 0 Å². The van der Waals surface area contributed by atoms with Crippen LogP contribution in [0, 0.1) is 0 Å². The highest BCUT2D eigenvalue weighted by molar-refractivity contribution is 5.88. The third-order valence-corrected chi connectivity index (χ3v) is 5.17. The second kappa shape index (κ2) is 10.2. The van der Waals surface area contributed by atoms with Gasteiger partial charge in [-0.15, -0.1) is 0 Å². The van der Waals surface area contributed by atoms with Gasteiger partial charge in [-0.05, 0) is 46.5 Å². The fraction of sp³-hybridized carbons (Fsp3) is 0.0714. The van der Waals surface area contributed by atoms with E-state index in [2.05, 4.69) is 47.0 Å². The van der Waals surface area contributed by atoms with Crippen LogP contribution in [0.3, 0.4) is 0 Å². The Balaban J connectivity index is 1.68. The number of hydrogen-bond acceptors (Lipinski definition) is 4. The topological polar surface area (TPSA) is 48.8 Å². The SMILES string of the molecule is CNc1ccc(-c2ccc(NC)c(N=Cc3ccccc3)c2)cc1N=Cc1ccccc1. The van der Waals surface area contributed by atoms with Crippen LogP contribution in [0.5, 0.6) is 0 Å². The van der Waals surface area contributed by atoms with Crippen LogP contribution in [0.1, 0.15) is 11.1 Å². The van der Waals surface area contributed by atoms with Crippen molar-refractivity contribution in [3.05, 3.63) is 108 Å². The standard InChI is InChI=1S/C28H26N4/c1-29-25-15-13-23(17-27(25)31-19-21-9-5-3-6-10-21)24-14-16-26(30-2)28(18-24)32-20-22-11-7-4-8-12-22/h3-20,29-30H,1-2H3. The van der Waals surface area contributed by atoms with Crippen LogP contribution in [0.4, 0.5) is 22.7 Å². The molecule has 0 radical (unpaired) electrons. The molecule has 0 fully saturated rings. The first-order valence-corrected chi connectivity index (χ1v) is 10.6. The summed E-state index contributed by atoms with van der Waals surface area (Å²) in [5, 5.41) is 6.46. The first-order valence-electron chi connectivity index (χ1n) is 10.6. The lowest BCUT2D eigenvalue weighted by Gasteiger charge is -2.11. The Morgan fingerprint density at radius 1 is 0.531 bits per heavy atom. The maximum atomic E-state index is 4.74. The lowest BCUT2D eigenvalue weighted by Crippen LogP contribution is -1.91. The van der Waals surface area contributed by atoms with Crippen molar-refractivity contribution in [2.45, 2.75) is 0 Å². The zero-order chi connectivity index (χ0) is 22.2. The van der Waals surface area contributed by atoms with Crippen molar-refractivity contribution in [1.82, 2.24) is 0 Å². The summed E-state index contributed by atoms with van der Waals surface area (Å²) in [7, 11) is 3.82. The molecule has 4 aromatic carbocycles. The number of rotatable bonds is 7. The molecular weight excluding hydrogens is 392 g/mol. The monoisotopic (exact) mass is 418 g/mol. The van der Waals surface area contributed by atoms with Gasteiger partial charge in [0.1, 0.15) is 0 Å². The quantitative estimate of drug-likeness (QED) is 0.319. The second-order valence-electron chi connectivity index (χ2n) is 7.30. The Morgan fingerprint density at radius 2 is 0.938 bits per heavy atom. The van der Waals surface area contributed by atoms with E-state index in [0.717, 1.165) is 45.0 Å². The maximum absolute atomic E-state index is 4.74. The third-order valence-electron chi connectivity index (χ3n) is 5.17. The fourth-order valence-corrected chi connectivity index (χ4v) is 3.43. The molecule has 0 aromatic heterocycles. The highest BCUT2D eigenvalue weighted by Crippen LogP contribution is 2.35. The smallest absolute Gasteiger partial charge is 0.0867 e. The van der Waals surface area contributed by atoms with Crippen molar-refractivity contribution in [2.24, 2.45) is 9.98 Å². The van der Waals surface area contributed by atoms with E-state index >= 15 is 0 Å². The summed E-state index contributed by atoms with van der Waals surface area (Å²) >= 11 is 0. The maximum Gasteiger partial charge on any atom is 0.0867 e. The second-order valence-corrected chi connectivity index (χ2v) is 7.30. The molecule has 0 amide bonds. The number of nitrogens with one attached hydrogen (secondary N) is 2. The average molecular weight is 419 g/mol. The van der Waals surface area contributed by atoms with Crippen molar-refractivity contribution in [2.75, 3.05) is 24.7 Å². The highest BCUT2D eigenvalue weighted by Gasteiger charge is 2.07. The Morgan fingerprint density at radius 3 is 1.31 bits per heavy atom. The lowest BCUT2D eigenvalue weighted by molar-refractivity contribution is 1.43. The molecule has 4 rings (SSSR count). The number of aliphatic imine (C=N–C) groups is 2. The van der Waals surface area contributed by atoms with Gasteiger partial charge >= 0.3 is 0 Å². The van der Waals surface area contributed by atoms with Gasteiger partial charge in [-0.25, -0.2) is 0 Å². The molecule has 0 saturated heterocycles. The van der Waals surface area contributed by atoms with Crippen LogP contribution in [-0.4, -0.2) is 26.5 Å². The molecule has 0 aliphatic rings. The molecule has 2 N–H and O–H groups in total. The first kappa shape index (κ1) is 21.1. The Kier molecular flexibility index (Phi) is 6.73. The first-order chi connectivity index (χ1) is 15.8. The largest absolute Gasteiger partial charge is 0.386 e. The van der Waals surface area contributed by atoms with Gasteiger partial charge in [-0.3, -0.25) is 9.98 Å². The van der Waals surface area contributed by atoms with Crippen LogP contribution >= 0.6 is 0 Å². The van der Waals surface area contributed by atoms with E-state index < -0.39 is 0 Å². The summed E-state index contributed by atoms with van der Waals surface area (Å²) in [4.78, 5) is 9.47. The minimum Gasteiger partial charge on any atom is -0.386 e. The summed E-state index contributed by atoms with van der Waals surface area (Å²) in [6.07, 6.45) is 3.78. The summed E-state index contributed by atoms with van der Waals surface area (Å²) < 4.78 is 0. The normalized spacial score (nSPS) is 11.2. The number of hydrogen-bond donors (Lipinski definition) is 2. The minimum atomic E-state index is 0.890. The summed E-state index contributed by atoms with van der Waals surface area (Å²) in [5.74, 6) is 0. The van der Waals surface area contributed by atoms with Crippen molar-refractivity contribution in [1.29, 1.82) is 0 Å². The number of anilines is 2. The van der Waals surface area contributed by atoms with Crippen LogP contribution in [-0.2, 0) is 0 Å². The third kappa shape index (κ3) is 5.10. The predicted molar refractivity (Wildman–Crippen MR) is 138 cm³/mol. The van der Waals surface area contributed by atoms with Crippen LogP contribution < -0.4 is 10.6 Å². The van der Waals surface area contributed by atoms with E-state index in [1.165, 1.54) is 0 Å². The number of nitrogens with zero attached hydrogens (tertiary/aromatic N) is 2. The van der Waals surface area contributed by atoms with Gasteiger partial charge in [-0.2, -0.15) is 0 Å². The molecule has 0 atom stereocenters. The van der Waals surface area contributed by atoms with Crippen LogP contribution in [0.15, 0.2) is 107 Å². The molecule has 4 heteroatoms. The average Bonchev–Trinajstić information content (AvgIpc) is 2.87. The highest BCUT2D eigenvalue weighted by atomic mass is 14.9. The molecule has 0 unspecified atom stereocenters. The molecule has 0 bridgehead atoms. The summed E-state index contributed by atoms with van der Waals surface area (Å²) in [6.45, 7) is 0. The van der Waals surface area contributed by atoms with Crippen molar-refractivity contribution in [3.63, 3.8) is 0 Å². The minimum absolute atomic E-state index is 0.890. The van der Waals surface area contributed by atoms with Gasteiger partial charge in [-0.1, -0.05) is 72.8 Å². The van der Waals surface area contributed by atoms with Gasteiger partial charge in [0, 0.05) is 26.5 Å². The molecule has 158 valence electrons. The zero-order valence-corrected chi connectivity index (χ0v) is 18.3. The summed E-state index contributed by atoms with van der Waals surface area (Å²) in [5.41, 5.74) is 8.05. The van der Waals surface area contributed by atoms with E-state index in [9.17, 15) is 0 Å². The summed E-state index contributed by atoms with van der Waals surface area (Å²) in [6, 6.07) is 32.8. The van der Waals surface area contributed by atoms with Gasteiger partial charge in [0.25, 0.3) is 0 Å². The van der Waals surface area contributed by atoms with Crippen LogP contribution in [0.25, 0.3) is 11.1 Å². The van der Waals surface area contributed by atoms with E-state index in [0.29, 0.717) is 0 Å². The molecule has 0 aliphatic carbocycles. The van der Waals surface area contributed by atoms with Gasteiger partial charge < -0.3 is 10.6 Å². The molecular formula is C28H26N4. The molecule has 0 spiro atoms.